The molecule has 0 unspecified atom stereocenters. The molecule has 3 nitrogen and oxygen atoms in total. The van der Waals surface area contributed by atoms with Crippen molar-refractivity contribution >= 4 is 5.65 Å². The van der Waals surface area contributed by atoms with Crippen molar-refractivity contribution in [1.82, 2.24) is 9.38 Å². The molecule has 0 N–H and O–H groups in total. The normalized spacial score (nSPS) is 15.4. The molecule has 4 rings (SSSR count). The number of hydrogen-bond donors (Lipinski definition) is 0. The predicted octanol–water partition coefficient (Wildman–Crippen LogP) is 4.30. The molecule has 1 aromatic carbocycles. The number of fused-ring (bicyclic) bond motifs is 5. The monoisotopic (exact) mass is 318 g/mol. The van der Waals surface area contributed by atoms with Gasteiger partial charge in [-0.05, 0) is 22.8 Å². The number of aromatic nitrogens is 2. The lowest BCUT2D eigenvalue weighted by molar-refractivity contribution is 0.567. The fraction of sp³-hybridized carbons (Fsp3) is 0.333. The summed E-state index contributed by atoms with van der Waals surface area (Å²) >= 11 is 0. The van der Waals surface area contributed by atoms with Crippen molar-refractivity contribution in [3.05, 3.63) is 69.8 Å². The van der Waals surface area contributed by atoms with E-state index in [1.165, 1.54) is 16.7 Å². The van der Waals surface area contributed by atoms with Crippen LogP contribution in [0.15, 0.2) is 47.4 Å². The molecule has 3 heteroatoms. The van der Waals surface area contributed by atoms with E-state index in [-0.39, 0.29) is 16.4 Å². The highest BCUT2D eigenvalue weighted by Crippen LogP contribution is 2.49. The third-order valence-corrected chi connectivity index (χ3v) is 5.15. The van der Waals surface area contributed by atoms with E-state index in [9.17, 15) is 4.79 Å². The molecule has 0 aliphatic heterocycles. The van der Waals surface area contributed by atoms with Gasteiger partial charge in [0.15, 0.2) is 0 Å². The first-order valence-corrected chi connectivity index (χ1v) is 8.38. The van der Waals surface area contributed by atoms with Crippen LogP contribution in [0.4, 0.5) is 0 Å². The maximum absolute atomic E-state index is 12.6. The molecule has 3 aromatic rings. The molecule has 122 valence electrons. The molecule has 0 fully saturated rings. The summed E-state index contributed by atoms with van der Waals surface area (Å²) in [5.74, 6) is 0. The second-order valence-electron chi connectivity index (χ2n) is 8.20. The fourth-order valence-corrected chi connectivity index (χ4v) is 3.73. The van der Waals surface area contributed by atoms with Gasteiger partial charge < -0.3 is 0 Å². The van der Waals surface area contributed by atoms with E-state index < -0.39 is 0 Å². The molecule has 0 atom stereocenters. The van der Waals surface area contributed by atoms with Gasteiger partial charge in [-0.3, -0.25) is 9.20 Å². The second-order valence-corrected chi connectivity index (χ2v) is 8.20. The molecule has 2 aromatic heterocycles. The zero-order valence-corrected chi connectivity index (χ0v) is 14.8. The summed E-state index contributed by atoms with van der Waals surface area (Å²) in [5, 5.41) is 0. The van der Waals surface area contributed by atoms with Crippen LogP contribution in [0, 0.1) is 0 Å². The molecule has 0 spiro atoms. The number of hydrogen-bond acceptors (Lipinski definition) is 2. The highest BCUT2D eigenvalue weighted by Gasteiger charge is 2.37. The molecule has 0 saturated heterocycles. The lowest BCUT2D eigenvalue weighted by atomic mass is 9.83. The van der Waals surface area contributed by atoms with Crippen LogP contribution in [-0.4, -0.2) is 9.38 Å². The van der Waals surface area contributed by atoms with Gasteiger partial charge in [-0.1, -0.05) is 58.9 Å². The lowest BCUT2D eigenvalue weighted by Crippen LogP contribution is -2.23. The third kappa shape index (κ3) is 1.90. The van der Waals surface area contributed by atoms with Crippen LogP contribution < -0.4 is 5.56 Å². The Morgan fingerprint density at radius 2 is 1.75 bits per heavy atom. The van der Waals surface area contributed by atoms with E-state index in [1.807, 2.05) is 6.20 Å². The fourth-order valence-electron chi connectivity index (χ4n) is 3.73. The van der Waals surface area contributed by atoms with E-state index in [4.69, 9.17) is 4.98 Å². The molecule has 1 aliphatic rings. The molecular formula is C21H22N2O. The first-order chi connectivity index (χ1) is 11.2. The van der Waals surface area contributed by atoms with Gasteiger partial charge in [0.25, 0.3) is 5.56 Å². The van der Waals surface area contributed by atoms with Gasteiger partial charge in [0.1, 0.15) is 5.65 Å². The smallest absolute Gasteiger partial charge is 0.258 e. The van der Waals surface area contributed by atoms with Crippen LogP contribution >= 0.6 is 0 Å². The van der Waals surface area contributed by atoms with E-state index >= 15 is 0 Å². The Balaban J connectivity index is 2.19. The van der Waals surface area contributed by atoms with E-state index in [0.717, 1.165) is 16.9 Å². The first kappa shape index (κ1) is 15.1. The number of pyridine rings is 1. The molecular weight excluding hydrogens is 296 g/mol. The second kappa shape index (κ2) is 4.56. The largest absolute Gasteiger partial charge is 0.269 e. The lowest BCUT2D eigenvalue weighted by Gasteiger charge is -2.22. The van der Waals surface area contributed by atoms with Gasteiger partial charge in [0.05, 0.1) is 5.69 Å². The van der Waals surface area contributed by atoms with Crippen molar-refractivity contribution in [1.29, 1.82) is 0 Å². The Kier molecular flexibility index (Phi) is 2.88. The van der Waals surface area contributed by atoms with E-state index in [2.05, 4.69) is 65.0 Å². The van der Waals surface area contributed by atoms with E-state index in [1.54, 1.807) is 10.5 Å². The Morgan fingerprint density at radius 3 is 2.46 bits per heavy atom. The van der Waals surface area contributed by atoms with Gasteiger partial charge >= 0.3 is 0 Å². The molecule has 0 saturated carbocycles. The van der Waals surface area contributed by atoms with Crippen LogP contribution in [0.25, 0.3) is 16.8 Å². The summed E-state index contributed by atoms with van der Waals surface area (Å²) in [4.78, 5) is 17.5. The quantitative estimate of drug-likeness (QED) is 0.619. The highest BCUT2D eigenvalue weighted by molar-refractivity contribution is 5.89. The SMILES string of the molecule is CC(C)(C)c1cc(=O)n2ccc3c(c2n1)-c1ccccc1C3(C)C. The Bertz CT molecular complexity index is 1040. The van der Waals surface area contributed by atoms with Gasteiger partial charge in [-0.15, -0.1) is 0 Å². The Morgan fingerprint density at radius 1 is 1.04 bits per heavy atom. The van der Waals surface area contributed by atoms with Crippen molar-refractivity contribution in [3.8, 4) is 11.1 Å². The average molecular weight is 318 g/mol. The molecule has 24 heavy (non-hydrogen) atoms. The van der Waals surface area contributed by atoms with Crippen molar-refractivity contribution in [2.75, 3.05) is 0 Å². The zero-order chi connectivity index (χ0) is 17.3. The van der Waals surface area contributed by atoms with Crippen LogP contribution in [0.1, 0.15) is 51.4 Å². The van der Waals surface area contributed by atoms with Gasteiger partial charge in [-0.2, -0.15) is 0 Å². The summed E-state index contributed by atoms with van der Waals surface area (Å²) < 4.78 is 1.67. The third-order valence-electron chi connectivity index (χ3n) is 5.15. The topological polar surface area (TPSA) is 34.4 Å². The minimum Gasteiger partial charge on any atom is -0.269 e. The van der Waals surface area contributed by atoms with Crippen molar-refractivity contribution in [2.24, 2.45) is 0 Å². The van der Waals surface area contributed by atoms with Crippen molar-refractivity contribution in [2.45, 2.75) is 45.4 Å². The van der Waals surface area contributed by atoms with Gasteiger partial charge in [0, 0.05) is 28.7 Å². The first-order valence-electron chi connectivity index (χ1n) is 8.38. The van der Waals surface area contributed by atoms with Crippen LogP contribution in [0.3, 0.4) is 0 Å². The maximum Gasteiger partial charge on any atom is 0.258 e. The Hall–Kier alpha value is -2.42. The molecule has 0 bridgehead atoms. The van der Waals surface area contributed by atoms with Crippen LogP contribution in [0.5, 0.6) is 0 Å². The summed E-state index contributed by atoms with van der Waals surface area (Å²) in [6.07, 6.45) is 1.86. The number of rotatable bonds is 0. The van der Waals surface area contributed by atoms with Crippen LogP contribution in [0.2, 0.25) is 0 Å². The van der Waals surface area contributed by atoms with E-state index in [0.29, 0.717) is 0 Å². The number of nitrogens with zero attached hydrogens (tertiary/aromatic N) is 2. The predicted molar refractivity (Wildman–Crippen MR) is 97.7 cm³/mol. The summed E-state index contributed by atoms with van der Waals surface area (Å²) in [7, 11) is 0. The minimum absolute atomic E-state index is 0.0186. The standard InChI is InChI=1S/C21H22N2O/c1-20(2,3)16-12-17(24)23-11-10-15-18(19(23)22-16)13-8-6-7-9-14(13)21(15,4)5/h6-12H,1-5H3. The molecule has 0 radical (unpaired) electrons. The average Bonchev–Trinajstić information content (AvgIpc) is 2.75. The summed E-state index contributed by atoms with van der Waals surface area (Å²) in [5.41, 5.74) is 6.16. The highest BCUT2D eigenvalue weighted by atomic mass is 16.1. The summed E-state index contributed by atoms with van der Waals surface area (Å²) in [6.45, 7) is 10.7. The minimum atomic E-state index is -0.162. The van der Waals surface area contributed by atoms with Crippen molar-refractivity contribution in [3.63, 3.8) is 0 Å². The van der Waals surface area contributed by atoms with Gasteiger partial charge in [0.2, 0.25) is 0 Å². The molecule has 2 heterocycles. The zero-order valence-electron chi connectivity index (χ0n) is 14.8. The molecule has 0 amide bonds. The van der Waals surface area contributed by atoms with Crippen LogP contribution in [-0.2, 0) is 10.8 Å². The Labute approximate surface area is 142 Å². The van der Waals surface area contributed by atoms with Crippen molar-refractivity contribution < 1.29 is 0 Å². The molecule has 1 aliphatic carbocycles. The maximum atomic E-state index is 12.6. The summed E-state index contributed by atoms with van der Waals surface area (Å²) in [6, 6.07) is 12.2. The number of benzene rings is 1. The van der Waals surface area contributed by atoms with Gasteiger partial charge in [-0.25, -0.2) is 4.98 Å².